The number of nitrogens with one attached hydrogen (secondary N) is 1. The van der Waals surface area contributed by atoms with Crippen LogP contribution in [0.15, 0.2) is 34.8 Å². The van der Waals surface area contributed by atoms with Crippen LogP contribution in [-0.4, -0.2) is 26.6 Å². The molecule has 176 valence electrons. The number of anilines is 1. The predicted molar refractivity (Wildman–Crippen MR) is 122 cm³/mol. The summed E-state index contributed by atoms with van der Waals surface area (Å²) in [6.07, 6.45) is -4.79. The van der Waals surface area contributed by atoms with Gasteiger partial charge in [0.05, 0.1) is 15.9 Å². The van der Waals surface area contributed by atoms with Crippen molar-refractivity contribution in [1.82, 2.24) is 14.8 Å². The number of pyridine rings is 1. The molecule has 34 heavy (non-hydrogen) atoms. The molecule has 13 heteroatoms. The molecule has 3 heterocycles. The summed E-state index contributed by atoms with van der Waals surface area (Å²) < 4.78 is 55.9. The largest absolute Gasteiger partial charge is 0.433 e. The molecule has 3 aromatic heterocycles. The van der Waals surface area contributed by atoms with Crippen molar-refractivity contribution >= 4 is 55.0 Å². The van der Waals surface area contributed by atoms with Gasteiger partial charge in [0.25, 0.3) is 11.8 Å². The number of nitrogens with two attached hydrogens (primary N) is 1. The van der Waals surface area contributed by atoms with Crippen LogP contribution in [0.1, 0.15) is 31.5 Å². The van der Waals surface area contributed by atoms with E-state index in [2.05, 4.69) is 31.3 Å². The minimum atomic E-state index is -4.79. The van der Waals surface area contributed by atoms with Gasteiger partial charge in [0.1, 0.15) is 26.9 Å². The van der Waals surface area contributed by atoms with E-state index in [9.17, 15) is 27.2 Å². The number of primary amides is 1. The van der Waals surface area contributed by atoms with Gasteiger partial charge in [-0.05, 0) is 52.2 Å². The van der Waals surface area contributed by atoms with Crippen LogP contribution in [-0.2, 0) is 13.2 Å². The summed E-state index contributed by atoms with van der Waals surface area (Å²) in [5, 5.41) is 6.80. The molecule has 0 spiro atoms. The molecule has 0 aliphatic carbocycles. The van der Waals surface area contributed by atoms with Crippen LogP contribution in [0.5, 0.6) is 0 Å². The first kappa shape index (κ1) is 23.8. The Kier molecular flexibility index (Phi) is 5.94. The highest BCUT2D eigenvalue weighted by atomic mass is 79.9. The number of alkyl halides is 3. The third-order valence-corrected chi connectivity index (χ3v) is 6.98. The molecule has 0 unspecified atom stereocenters. The molecule has 0 radical (unpaired) electrons. The minimum absolute atomic E-state index is 0.00312. The van der Waals surface area contributed by atoms with Crippen LogP contribution >= 0.6 is 27.3 Å². The number of halogens is 5. The summed E-state index contributed by atoms with van der Waals surface area (Å²) in [4.78, 5) is 28.6. The van der Waals surface area contributed by atoms with Crippen molar-refractivity contribution in [3.63, 3.8) is 0 Å². The fourth-order valence-electron chi connectivity index (χ4n) is 3.45. The van der Waals surface area contributed by atoms with Gasteiger partial charge in [0, 0.05) is 12.4 Å². The second-order valence-electron chi connectivity index (χ2n) is 7.24. The van der Waals surface area contributed by atoms with Gasteiger partial charge in [-0.25, -0.2) is 9.37 Å². The van der Waals surface area contributed by atoms with Crippen molar-refractivity contribution in [2.45, 2.75) is 13.1 Å². The molecule has 4 rings (SSSR count). The Labute approximate surface area is 201 Å². The third-order valence-electron chi connectivity index (χ3n) is 4.93. The van der Waals surface area contributed by atoms with Crippen LogP contribution in [0.3, 0.4) is 0 Å². The Hall–Kier alpha value is -3.32. The van der Waals surface area contributed by atoms with Crippen LogP contribution in [0.4, 0.5) is 23.2 Å². The lowest BCUT2D eigenvalue weighted by molar-refractivity contribution is -0.140. The number of carbonyl (C=O) groups is 2. The van der Waals surface area contributed by atoms with Crippen LogP contribution in [0.2, 0.25) is 0 Å². The number of rotatable bonds is 4. The summed E-state index contributed by atoms with van der Waals surface area (Å²) in [5.41, 5.74) is 5.05. The van der Waals surface area contributed by atoms with Gasteiger partial charge >= 0.3 is 6.18 Å². The summed E-state index contributed by atoms with van der Waals surface area (Å²) >= 11 is 3.90. The first-order chi connectivity index (χ1) is 15.9. The molecule has 7 nitrogen and oxygen atoms in total. The lowest BCUT2D eigenvalue weighted by Crippen LogP contribution is -2.19. The Bertz CT molecular complexity index is 1460. The average molecular weight is 556 g/mol. The van der Waals surface area contributed by atoms with Crippen molar-refractivity contribution in [2.75, 3.05) is 5.32 Å². The fourth-order valence-corrected chi connectivity index (χ4v) is 4.97. The maximum absolute atomic E-state index is 13.6. The second-order valence-corrected chi connectivity index (χ2v) is 9.03. The quantitative estimate of drug-likeness (QED) is 0.334. The number of aromatic nitrogens is 3. The Morgan fingerprint density at radius 3 is 2.38 bits per heavy atom. The molecule has 0 fully saturated rings. The first-order valence-corrected chi connectivity index (χ1v) is 11.1. The van der Waals surface area contributed by atoms with E-state index in [1.165, 1.54) is 23.9 Å². The molecule has 0 atom stereocenters. The van der Waals surface area contributed by atoms with E-state index < -0.39 is 29.5 Å². The second kappa shape index (κ2) is 8.47. The van der Waals surface area contributed by atoms with E-state index in [1.54, 1.807) is 6.92 Å². The fraction of sp³-hybridized carbons (Fsp3) is 0.143. The summed E-state index contributed by atoms with van der Waals surface area (Å²) in [5.74, 6) is -2.22. The number of benzene rings is 1. The van der Waals surface area contributed by atoms with Gasteiger partial charge < -0.3 is 11.1 Å². The normalized spacial score (nSPS) is 11.7. The van der Waals surface area contributed by atoms with Gasteiger partial charge in [0.15, 0.2) is 0 Å². The predicted octanol–water partition coefficient (Wildman–Crippen LogP) is 5.28. The summed E-state index contributed by atoms with van der Waals surface area (Å²) in [6, 6.07) is 5.54. The smallest absolute Gasteiger partial charge is 0.365 e. The van der Waals surface area contributed by atoms with E-state index in [4.69, 9.17) is 5.73 Å². The van der Waals surface area contributed by atoms with Crippen LogP contribution in [0, 0.1) is 12.7 Å². The molecule has 0 saturated heterocycles. The third kappa shape index (κ3) is 4.16. The van der Waals surface area contributed by atoms with Crippen molar-refractivity contribution < 1.29 is 27.2 Å². The number of carbonyl (C=O) groups excluding carboxylic acids is 2. The highest BCUT2D eigenvalue weighted by Gasteiger charge is 2.35. The SMILES string of the molecule is Cc1nn(C)c(C(=O)Nc2c(C(N)=O)sc3nc(C(F)(F)F)cc(-c4ccc(F)cc4)c23)c1Br. The van der Waals surface area contributed by atoms with Crippen LogP contribution < -0.4 is 11.1 Å². The maximum atomic E-state index is 13.6. The lowest BCUT2D eigenvalue weighted by Gasteiger charge is -2.12. The standard InChI is InChI=1S/C21H14BrF4N5O2S/c1-8-14(22)16(31(2)30-8)19(33)29-15-13-11(9-3-5-10(23)6-4-9)7-12(21(24,25)26)28-20(13)34-17(15)18(27)32/h3-7H,1-2H3,(H2,27,32)(H,29,33). The van der Waals surface area contributed by atoms with Gasteiger partial charge in [-0.15, -0.1) is 11.3 Å². The monoisotopic (exact) mass is 555 g/mol. The molecule has 1 aromatic carbocycles. The number of nitrogens with zero attached hydrogens (tertiary/aromatic N) is 3. The zero-order chi connectivity index (χ0) is 24.9. The molecule has 0 aliphatic heterocycles. The molecule has 2 amide bonds. The number of hydrogen-bond donors (Lipinski definition) is 2. The maximum Gasteiger partial charge on any atom is 0.433 e. The zero-order valence-corrected chi connectivity index (χ0v) is 19.8. The Balaban J connectivity index is 2.00. The molecule has 0 aliphatic rings. The topological polar surface area (TPSA) is 103 Å². The highest BCUT2D eigenvalue weighted by Crippen LogP contribution is 2.44. The van der Waals surface area contributed by atoms with E-state index in [1.807, 2.05) is 0 Å². The first-order valence-electron chi connectivity index (χ1n) is 9.49. The number of amides is 2. The van der Waals surface area contributed by atoms with Gasteiger partial charge in [-0.3, -0.25) is 14.3 Å². The molecular weight excluding hydrogens is 542 g/mol. The zero-order valence-electron chi connectivity index (χ0n) is 17.4. The molecule has 3 N–H and O–H groups in total. The van der Waals surface area contributed by atoms with Crippen molar-refractivity contribution in [1.29, 1.82) is 0 Å². The number of fused-ring (bicyclic) bond motifs is 1. The average Bonchev–Trinajstić information content (AvgIpc) is 3.23. The van der Waals surface area contributed by atoms with Crippen LogP contribution in [0.25, 0.3) is 21.3 Å². The molecule has 0 bridgehead atoms. The number of thiophene rings is 1. The van der Waals surface area contributed by atoms with Crippen molar-refractivity contribution in [3.8, 4) is 11.1 Å². The van der Waals surface area contributed by atoms with Crippen molar-refractivity contribution in [3.05, 3.63) is 62.6 Å². The highest BCUT2D eigenvalue weighted by molar-refractivity contribution is 9.10. The van der Waals surface area contributed by atoms with Gasteiger partial charge in [-0.2, -0.15) is 18.3 Å². The minimum Gasteiger partial charge on any atom is -0.365 e. The van der Waals surface area contributed by atoms with E-state index >= 15 is 0 Å². The number of aryl methyl sites for hydroxylation is 2. The Morgan fingerprint density at radius 1 is 1.21 bits per heavy atom. The lowest BCUT2D eigenvalue weighted by atomic mass is 10.0. The summed E-state index contributed by atoms with van der Waals surface area (Å²) in [6.45, 7) is 1.67. The number of hydrogen-bond acceptors (Lipinski definition) is 5. The molecular formula is C21H14BrF4N5O2S. The Morgan fingerprint density at radius 2 is 1.85 bits per heavy atom. The van der Waals surface area contributed by atoms with E-state index in [0.717, 1.165) is 18.2 Å². The van der Waals surface area contributed by atoms with Gasteiger partial charge in [-0.1, -0.05) is 12.1 Å². The van der Waals surface area contributed by atoms with E-state index in [-0.39, 0.29) is 37.6 Å². The summed E-state index contributed by atoms with van der Waals surface area (Å²) in [7, 11) is 1.54. The molecule has 4 aromatic rings. The van der Waals surface area contributed by atoms with E-state index in [0.29, 0.717) is 21.5 Å². The van der Waals surface area contributed by atoms with Crippen molar-refractivity contribution in [2.24, 2.45) is 12.8 Å². The molecule has 0 saturated carbocycles. The van der Waals surface area contributed by atoms with Gasteiger partial charge in [0.2, 0.25) is 0 Å².